The number of hydrogen-bond donors (Lipinski definition) is 1. The number of anilines is 1. The van der Waals surface area contributed by atoms with E-state index in [4.69, 9.17) is 4.74 Å². The molecule has 0 bridgehead atoms. The second kappa shape index (κ2) is 7.55. The number of amides is 2. The van der Waals surface area contributed by atoms with E-state index in [9.17, 15) is 18.0 Å². The molecule has 1 N–H and O–H groups in total. The van der Waals surface area contributed by atoms with Crippen LogP contribution in [0.5, 0.6) is 0 Å². The third-order valence-corrected chi connectivity index (χ3v) is 6.12. The number of methoxy groups -OCH3 is 1. The molecule has 1 aromatic rings. The van der Waals surface area contributed by atoms with Gasteiger partial charge in [0.1, 0.15) is 5.71 Å². The number of rotatable bonds is 5. The maximum atomic E-state index is 12.5. The van der Waals surface area contributed by atoms with E-state index in [-0.39, 0.29) is 36.0 Å². The van der Waals surface area contributed by atoms with Crippen LogP contribution in [0.3, 0.4) is 0 Å². The topological polar surface area (TPSA) is 105 Å². The van der Waals surface area contributed by atoms with Crippen molar-refractivity contribution in [2.75, 3.05) is 23.9 Å². The minimum absolute atomic E-state index is 0.0464. The number of ether oxygens (including phenoxy) is 1. The Hall–Kier alpha value is -2.26. The maximum absolute atomic E-state index is 12.5. The van der Waals surface area contributed by atoms with Gasteiger partial charge in [-0.15, -0.1) is 0 Å². The number of hydrogen-bond acceptors (Lipinski definition) is 6. The minimum Gasteiger partial charge on any atom is -0.380 e. The van der Waals surface area contributed by atoms with Crippen LogP contribution in [0.15, 0.2) is 29.4 Å². The van der Waals surface area contributed by atoms with Gasteiger partial charge in [-0.1, -0.05) is 12.1 Å². The van der Waals surface area contributed by atoms with E-state index in [0.717, 1.165) is 5.56 Å². The molecular formula is C17H21N3O5S. The number of hydrazone groups is 1. The number of nitrogens with one attached hydrogen (secondary N) is 1. The lowest BCUT2D eigenvalue weighted by Gasteiger charge is -2.27. The van der Waals surface area contributed by atoms with Crippen molar-refractivity contribution in [2.45, 2.75) is 31.9 Å². The normalized spacial score (nSPS) is 22.2. The molecule has 2 aliphatic heterocycles. The number of carbonyl (C=O) groups excluding carboxylic acids is 2. The van der Waals surface area contributed by atoms with Crippen molar-refractivity contribution in [3.8, 4) is 0 Å². The summed E-state index contributed by atoms with van der Waals surface area (Å²) in [5, 5.41) is 8.12. The van der Waals surface area contributed by atoms with Crippen molar-refractivity contribution >= 4 is 33.1 Å². The van der Waals surface area contributed by atoms with E-state index < -0.39 is 21.8 Å². The SMILES string of the molecule is COCc1cccc(NC(=O)C2=NN(C3CCS(=O)(=O)C3)C(=O)CC2)c1. The summed E-state index contributed by atoms with van der Waals surface area (Å²) in [5.41, 5.74) is 1.76. The standard InChI is InChI=1S/C17H21N3O5S/c1-25-10-12-3-2-4-13(9-12)18-17(22)15-5-6-16(21)20(19-15)14-7-8-26(23,24)11-14/h2-4,9,14H,5-8,10-11H2,1H3,(H,18,22). The van der Waals surface area contributed by atoms with Crippen LogP contribution in [0, 0.1) is 0 Å². The number of benzene rings is 1. The molecule has 1 aromatic carbocycles. The average Bonchev–Trinajstić information content (AvgIpc) is 2.95. The first kappa shape index (κ1) is 18.5. The first-order valence-corrected chi connectivity index (χ1v) is 10.2. The Balaban J connectivity index is 1.73. The lowest BCUT2D eigenvalue weighted by Crippen LogP contribution is -2.42. The molecule has 0 aromatic heterocycles. The van der Waals surface area contributed by atoms with Crippen molar-refractivity contribution in [3.05, 3.63) is 29.8 Å². The van der Waals surface area contributed by atoms with Crippen LogP contribution in [0.2, 0.25) is 0 Å². The molecule has 0 saturated carbocycles. The van der Waals surface area contributed by atoms with E-state index >= 15 is 0 Å². The molecule has 1 unspecified atom stereocenters. The van der Waals surface area contributed by atoms with Gasteiger partial charge in [-0.05, 0) is 24.1 Å². The summed E-state index contributed by atoms with van der Waals surface area (Å²) in [6.45, 7) is 0.434. The fourth-order valence-corrected chi connectivity index (χ4v) is 4.79. The van der Waals surface area contributed by atoms with Crippen molar-refractivity contribution in [1.82, 2.24) is 5.01 Å². The van der Waals surface area contributed by atoms with E-state index in [1.807, 2.05) is 12.1 Å². The molecule has 26 heavy (non-hydrogen) atoms. The third-order valence-electron chi connectivity index (χ3n) is 4.37. The molecule has 140 valence electrons. The molecule has 0 spiro atoms. The Kier molecular flexibility index (Phi) is 5.38. The fraction of sp³-hybridized carbons (Fsp3) is 0.471. The van der Waals surface area contributed by atoms with Gasteiger partial charge in [0.15, 0.2) is 9.84 Å². The molecule has 1 saturated heterocycles. The zero-order chi connectivity index (χ0) is 18.7. The van der Waals surface area contributed by atoms with Crippen molar-refractivity contribution in [3.63, 3.8) is 0 Å². The van der Waals surface area contributed by atoms with E-state index in [1.54, 1.807) is 19.2 Å². The van der Waals surface area contributed by atoms with Crippen LogP contribution in [0.4, 0.5) is 5.69 Å². The Morgan fingerprint density at radius 1 is 1.38 bits per heavy atom. The highest BCUT2D eigenvalue weighted by Crippen LogP contribution is 2.22. The fourth-order valence-electron chi connectivity index (χ4n) is 3.10. The van der Waals surface area contributed by atoms with Crippen LogP contribution >= 0.6 is 0 Å². The van der Waals surface area contributed by atoms with E-state index in [1.165, 1.54) is 5.01 Å². The molecule has 2 heterocycles. The largest absolute Gasteiger partial charge is 0.380 e. The predicted molar refractivity (Wildman–Crippen MR) is 96.4 cm³/mol. The lowest BCUT2D eigenvalue weighted by molar-refractivity contribution is -0.133. The summed E-state index contributed by atoms with van der Waals surface area (Å²) in [6, 6.07) is 6.77. The van der Waals surface area contributed by atoms with Crippen molar-refractivity contribution in [2.24, 2.45) is 5.10 Å². The lowest BCUT2D eigenvalue weighted by atomic mass is 10.1. The van der Waals surface area contributed by atoms with Crippen LogP contribution < -0.4 is 5.32 Å². The van der Waals surface area contributed by atoms with E-state index in [0.29, 0.717) is 18.7 Å². The van der Waals surface area contributed by atoms with E-state index in [2.05, 4.69) is 10.4 Å². The second-order valence-electron chi connectivity index (χ2n) is 6.43. The van der Waals surface area contributed by atoms with Crippen LogP contribution in [0.1, 0.15) is 24.8 Å². The predicted octanol–water partition coefficient (Wildman–Crippen LogP) is 0.937. The second-order valence-corrected chi connectivity index (χ2v) is 8.66. The van der Waals surface area contributed by atoms with Gasteiger partial charge in [-0.25, -0.2) is 13.4 Å². The molecule has 9 heteroatoms. The summed E-state index contributed by atoms with van der Waals surface area (Å²) in [7, 11) is -1.55. The molecular weight excluding hydrogens is 358 g/mol. The minimum atomic E-state index is -3.14. The van der Waals surface area contributed by atoms with Gasteiger partial charge >= 0.3 is 0 Å². The highest BCUT2D eigenvalue weighted by atomic mass is 32.2. The quantitative estimate of drug-likeness (QED) is 0.820. The summed E-state index contributed by atoms with van der Waals surface area (Å²) >= 11 is 0. The van der Waals surface area contributed by atoms with Crippen LogP contribution in [-0.2, 0) is 30.8 Å². The molecule has 3 rings (SSSR count). The van der Waals surface area contributed by atoms with Gasteiger partial charge in [0.25, 0.3) is 5.91 Å². The molecule has 8 nitrogen and oxygen atoms in total. The number of sulfone groups is 1. The van der Waals surface area contributed by atoms with Crippen LogP contribution in [0.25, 0.3) is 0 Å². The van der Waals surface area contributed by atoms with Gasteiger partial charge in [0.05, 0.1) is 24.2 Å². The summed E-state index contributed by atoms with van der Waals surface area (Å²) < 4.78 is 28.4. The highest BCUT2D eigenvalue weighted by molar-refractivity contribution is 7.91. The molecule has 1 atom stereocenters. The molecule has 0 aliphatic carbocycles. The molecule has 0 radical (unpaired) electrons. The Bertz CT molecular complexity index is 850. The molecule has 1 fully saturated rings. The number of carbonyl (C=O) groups is 2. The smallest absolute Gasteiger partial charge is 0.271 e. The number of nitrogens with zero attached hydrogens (tertiary/aromatic N) is 2. The monoisotopic (exact) mass is 379 g/mol. The summed E-state index contributed by atoms with van der Waals surface area (Å²) in [4.78, 5) is 24.6. The van der Waals surface area contributed by atoms with Gasteiger partial charge in [-0.2, -0.15) is 5.10 Å². The van der Waals surface area contributed by atoms with Crippen molar-refractivity contribution < 1.29 is 22.7 Å². The Morgan fingerprint density at radius 3 is 2.88 bits per heavy atom. The Morgan fingerprint density at radius 2 is 2.19 bits per heavy atom. The maximum Gasteiger partial charge on any atom is 0.271 e. The van der Waals surface area contributed by atoms with Gasteiger partial charge in [0, 0.05) is 25.6 Å². The molecule has 2 amide bonds. The van der Waals surface area contributed by atoms with Crippen molar-refractivity contribution in [1.29, 1.82) is 0 Å². The first-order chi connectivity index (χ1) is 12.4. The first-order valence-electron chi connectivity index (χ1n) is 8.37. The summed E-state index contributed by atoms with van der Waals surface area (Å²) in [5.74, 6) is -0.690. The van der Waals surface area contributed by atoms with Crippen LogP contribution in [-0.4, -0.2) is 55.6 Å². The zero-order valence-corrected chi connectivity index (χ0v) is 15.3. The highest BCUT2D eigenvalue weighted by Gasteiger charge is 2.37. The van der Waals surface area contributed by atoms with Gasteiger partial charge in [-0.3, -0.25) is 9.59 Å². The molecule has 2 aliphatic rings. The van der Waals surface area contributed by atoms with Gasteiger partial charge in [0.2, 0.25) is 5.91 Å². The average molecular weight is 379 g/mol. The Labute approximate surface area is 152 Å². The zero-order valence-electron chi connectivity index (χ0n) is 14.5. The van der Waals surface area contributed by atoms with Gasteiger partial charge < -0.3 is 10.1 Å². The summed E-state index contributed by atoms with van der Waals surface area (Å²) in [6.07, 6.45) is 0.733. The third kappa shape index (κ3) is 4.28.